The Hall–Kier alpha value is -3.19. The molecule has 0 bridgehead atoms. The SMILES string of the molecule is Cc1ccc(Nc2nn3c(C)cc(C)nc3c2S(=O)(=O)c2ccc(C)cc2)cc1. The number of anilines is 2. The van der Waals surface area contributed by atoms with Gasteiger partial charge in [-0.05, 0) is 58.0 Å². The second kappa shape index (κ2) is 7.00. The average molecular weight is 407 g/mol. The maximum atomic E-state index is 13.6. The minimum absolute atomic E-state index is 0.0775. The fourth-order valence-electron chi connectivity index (χ4n) is 3.24. The van der Waals surface area contributed by atoms with E-state index in [1.165, 1.54) is 0 Å². The van der Waals surface area contributed by atoms with Crippen molar-refractivity contribution in [2.24, 2.45) is 0 Å². The zero-order valence-electron chi connectivity index (χ0n) is 16.8. The first-order valence-electron chi connectivity index (χ1n) is 9.28. The molecular weight excluding hydrogens is 384 g/mol. The van der Waals surface area contributed by atoms with Crippen LogP contribution in [0.2, 0.25) is 0 Å². The lowest BCUT2D eigenvalue weighted by Gasteiger charge is -2.08. The van der Waals surface area contributed by atoms with Gasteiger partial charge in [-0.3, -0.25) is 0 Å². The summed E-state index contributed by atoms with van der Waals surface area (Å²) in [4.78, 5) is 4.79. The van der Waals surface area contributed by atoms with Crippen LogP contribution in [0, 0.1) is 27.7 Å². The number of hydrogen-bond donors (Lipinski definition) is 1. The van der Waals surface area contributed by atoms with Crippen molar-refractivity contribution in [3.8, 4) is 0 Å². The van der Waals surface area contributed by atoms with Crippen molar-refractivity contribution < 1.29 is 8.42 Å². The third kappa shape index (κ3) is 3.49. The highest BCUT2D eigenvalue weighted by Crippen LogP contribution is 2.33. The van der Waals surface area contributed by atoms with Crippen LogP contribution in [0.5, 0.6) is 0 Å². The summed E-state index contributed by atoms with van der Waals surface area (Å²) in [5.74, 6) is 0.260. The molecule has 2 aromatic heterocycles. The van der Waals surface area contributed by atoms with Gasteiger partial charge in [-0.25, -0.2) is 17.9 Å². The lowest BCUT2D eigenvalue weighted by atomic mass is 10.2. The molecule has 0 atom stereocenters. The van der Waals surface area contributed by atoms with E-state index in [0.717, 1.165) is 28.2 Å². The van der Waals surface area contributed by atoms with Crippen molar-refractivity contribution in [2.45, 2.75) is 37.5 Å². The highest BCUT2D eigenvalue weighted by Gasteiger charge is 2.29. The van der Waals surface area contributed by atoms with Gasteiger partial charge in [0.1, 0.15) is 0 Å². The Kier molecular flexibility index (Phi) is 4.62. The number of rotatable bonds is 4. The van der Waals surface area contributed by atoms with E-state index >= 15 is 0 Å². The molecule has 0 saturated carbocycles. The summed E-state index contributed by atoms with van der Waals surface area (Å²) in [5, 5.41) is 7.72. The standard InChI is InChI=1S/C22H22N4O2S/c1-14-5-9-18(10-6-14)24-21-20(22-23-16(3)13-17(4)26(22)25-21)29(27,28)19-11-7-15(2)8-12-19/h5-13H,1-4H3,(H,24,25). The molecule has 7 heteroatoms. The van der Waals surface area contributed by atoms with Crippen LogP contribution in [0.3, 0.4) is 0 Å². The second-order valence-electron chi connectivity index (χ2n) is 7.26. The molecule has 0 unspecified atom stereocenters. The summed E-state index contributed by atoms with van der Waals surface area (Å²) in [6, 6.07) is 16.4. The van der Waals surface area contributed by atoms with Crippen molar-refractivity contribution in [1.29, 1.82) is 0 Å². The van der Waals surface area contributed by atoms with Gasteiger partial charge in [-0.1, -0.05) is 35.4 Å². The Labute approximate surface area is 170 Å². The Morgan fingerprint density at radius 2 is 1.45 bits per heavy atom. The maximum absolute atomic E-state index is 13.6. The Morgan fingerprint density at radius 3 is 2.07 bits per heavy atom. The number of sulfone groups is 1. The molecule has 0 saturated heterocycles. The molecule has 0 aliphatic heterocycles. The molecular formula is C22H22N4O2S. The topological polar surface area (TPSA) is 76.4 Å². The first-order chi connectivity index (χ1) is 13.8. The van der Waals surface area contributed by atoms with Crippen molar-refractivity contribution in [3.05, 3.63) is 77.1 Å². The minimum atomic E-state index is -3.84. The summed E-state index contributed by atoms with van der Waals surface area (Å²) in [6.07, 6.45) is 0. The fourth-order valence-corrected chi connectivity index (χ4v) is 4.69. The van der Waals surface area contributed by atoms with E-state index in [0.29, 0.717) is 5.65 Å². The lowest BCUT2D eigenvalue weighted by Crippen LogP contribution is -2.06. The van der Waals surface area contributed by atoms with E-state index in [2.05, 4.69) is 15.4 Å². The van der Waals surface area contributed by atoms with E-state index in [4.69, 9.17) is 0 Å². The van der Waals surface area contributed by atoms with E-state index in [9.17, 15) is 8.42 Å². The summed E-state index contributed by atoms with van der Waals surface area (Å²) >= 11 is 0. The highest BCUT2D eigenvalue weighted by molar-refractivity contribution is 7.91. The van der Waals surface area contributed by atoms with E-state index < -0.39 is 9.84 Å². The van der Waals surface area contributed by atoms with Gasteiger partial charge < -0.3 is 5.32 Å². The molecule has 0 radical (unpaired) electrons. The van der Waals surface area contributed by atoms with Crippen molar-refractivity contribution >= 4 is 27.0 Å². The molecule has 4 rings (SSSR count). The molecule has 0 spiro atoms. The normalized spacial score (nSPS) is 11.7. The van der Waals surface area contributed by atoms with Gasteiger partial charge in [0.2, 0.25) is 9.84 Å². The number of nitrogens with zero attached hydrogens (tertiary/aromatic N) is 3. The second-order valence-corrected chi connectivity index (χ2v) is 9.15. The zero-order valence-corrected chi connectivity index (χ0v) is 17.6. The smallest absolute Gasteiger partial charge is 0.214 e. The first-order valence-corrected chi connectivity index (χ1v) is 10.8. The third-order valence-corrected chi connectivity index (χ3v) is 6.57. The summed E-state index contributed by atoms with van der Waals surface area (Å²) < 4.78 is 28.7. The Morgan fingerprint density at radius 1 is 0.862 bits per heavy atom. The van der Waals surface area contributed by atoms with Gasteiger partial charge in [0.25, 0.3) is 0 Å². The number of benzene rings is 2. The van der Waals surface area contributed by atoms with Crippen LogP contribution in [0.1, 0.15) is 22.5 Å². The van der Waals surface area contributed by atoms with Crippen molar-refractivity contribution in [2.75, 3.05) is 5.32 Å². The molecule has 4 aromatic rings. The molecule has 0 aliphatic carbocycles. The monoisotopic (exact) mass is 406 g/mol. The number of hydrogen-bond acceptors (Lipinski definition) is 5. The average Bonchev–Trinajstić information content (AvgIpc) is 3.03. The van der Waals surface area contributed by atoms with Gasteiger partial charge in [0.05, 0.1) is 4.90 Å². The molecule has 0 aliphatic rings. The predicted molar refractivity (Wildman–Crippen MR) is 114 cm³/mol. The molecule has 0 amide bonds. The van der Waals surface area contributed by atoms with Crippen LogP contribution in [0.25, 0.3) is 5.65 Å². The first kappa shape index (κ1) is 19.1. The van der Waals surface area contributed by atoms with Gasteiger partial charge in [0.15, 0.2) is 16.4 Å². The number of aromatic nitrogens is 3. The van der Waals surface area contributed by atoms with E-state index in [1.807, 2.05) is 58.0 Å². The van der Waals surface area contributed by atoms with Crippen LogP contribution in [-0.2, 0) is 9.84 Å². The van der Waals surface area contributed by atoms with Crippen molar-refractivity contribution in [1.82, 2.24) is 14.6 Å². The molecule has 29 heavy (non-hydrogen) atoms. The molecule has 1 N–H and O–H groups in total. The quantitative estimate of drug-likeness (QED) is 0.538. The lowest BCUT2D eigenvalue weighted by molar-refractivity contribution is 0.597. The van der Waals surface area contributed by atoms with Crippen LogP contribution >= 0.6 is 0 Å². The highest BCUT2D eigenvalue weighted by atomic mass is 32.2. The summed E-state index contributed by atoms with van der Waals surface area (Å²) in [5.41, 5.74) is 4.73. The third-order valence-electron chi connectivity index (χ3n) is 4.77. The summed E-state index contributed by atoms with van der Waals surface area (Å²) in [6.45, 7) is 7.64. The van der Waals surface area contributed by atoms with Crippen LogP contribution in [-0.4, -0.2) is 23.0 Å². The number of aryl methyl sites for hydroxylation is 4. The number of nitrogens with one attached hydrogen (secondary N) is 1. The van der Waals surface area contributed by atoms with Crippen molar-refractivity contribution in [3.63, 3.8) is 0 Å². The van der Waals surface area contributed by atoms with Crippen LogP contribution in [0.15, 0.2) is 64.4 Å². The predicted octanol–water partition coefficient (Wildman–Crippen LogP) is 4.54. The Bertz CT molecular complexity index is 1310. The maximum Gasteiger partial charge on any atom is 0.214 e. The Balaban J connectivity index is 1.97. The van der Waals surface area contributed by atoms with E-state index in [1.54, 1.807) is 28.8 Å². The van der Waals surface area contributed by atoms with Crippen LogP contribution < -0.4 is 5.32 Å². The van der Waals surface area contributed by atoms with Gasteiger partial charge in [-0.15, -0.1) is 5.10 Å². The van der Waals surface area contributed by atoms with Gasteiger partial charge in [-0.2, -0.15) is 0 Å². The molecule has 0 fully saturated rings. The molecule has 6 nitrogen and oxygen atoms in total. The van der Waals surface area contributed by atoms with Gasteiger partial charge >= 0.3 is 0 Å². The van der Waals surface area contributed by atoms with Crippen LogP contribution in [0.4, 0.5) is 11.5 Å². The molecule has 2 heterocycles. The number of fused-ring (bicyclic) bond motifs is 1. The van der Waals surface area contributed by atoms with Gasteiger partial charge in [0, 0.05) is 17.1 Å². The fraction of sp³-hybridized carbons (Fsp3) is 0.182. The minimum Gasteiger partial charge on any atom is -0.338 e. The largest absolute Gasteiger partial charge is 0.338 e. The summed E-state index contributed by atoms with van der Waals surface area (Å²) in [7, 11) is -3.84. The molecule has 2 aromatic carbocycles. The zero-order chi connectivity index (χ0) is 20.8. The molecule has 148 valence electrons. The van der Waals surface area contributed by atoms with E-state index in [-0.39, 0.29) is 15.6 Å².